The maximum Gasteiger partial charge on any atom is 2.00 e. The first-order chi connectivity index (χ1) is 10.9. The normalized spacial score (nSPS) is 8.83. The van der Waals surface area contributed by atoms with Crippen LogP contribution in [0, 0.1) is 12.1 Å². The first-order valence-electron chi connectivity index (χ1n) is 7.37. The van der Waals surface area contributed by atoms with Crippen molar-refractivity contribution in [2.24, 2.45) is 0 Å². The summed E-state index contributed by atoms with van der Waals surface area (Å²) in [4.78, 5) is 4.35. The molecule has 23 heavy (non-hydrogen) atoms. The Bertz CT molecular complexity index is 608. The standard InChI is InChI=1S/C11H11NOP.C6H5.C2H6.W/c14-13-6-5-9-7-10-3-1-2-4-11(10)12-8-9;1-2-4-6-5-3-1;1-2;/h2-4,7-8H,5-6,14H2;1-5H;1-2H3;/q2*-1;;+2. The Morgan fingerprint density at radius 3 is 2.39 bits per heavy atom. The van der Waals surface area contributed by atoms with Gasteiger partial charge in [-0.2, -0.15) is 54.6 Å². The number of rotatable bonds is 3. The first kappa shape index (κ1) is 21.9. The molecule has 1 aromatic heterocycles. The molecule has 0 aliphatic rings. The minimum atomic E-state index is 0. The van der Waals surface area contributed by atoms with Crippen LogP contribution in [-0.2, 0) is 32.0 Å². The van der Waals surface area contributed by atoms with Gasteiger partial charge in [0.2, 0.25) is 0 Å². The summed E-state index contributed by atoms with van der Waals surface area (Å²) in [6.07, 6.45) is 2.79. The Kier molecular flexibility index (Phi) is 13.8. The molecular formula is C19H22NOPW. The van der Waals surface area contributed by atoms with Crippen molar-refractivity contribution in [2.75, 3.05) is 6.61 Å². The number of hydrogen-bond acceptors (Lipinski definition) is 2. The fourth-order valence-electron chi connectivity index (χ4n) is 1.71. The van der Waals surface area contributed by atoms with E-state index in [4.69, 9.17) is 4.52 Å². The molecule has 2 nitrogen and oxygen atoms in total. The van der Waals surface area contributed by atoms with Gasteiger partial charge in [-0.3, -0.25) is 4.98 Å². The predicted molar refractivity (Wildman–Crippen MR) is 96.6 cm³/mol. The zero-order chi connectivity index (χ0) is 16.0. The van der Waals surface area contributed by atoms with Crippen LogP contribution in [0.25, 0.3) is 10.9 Å². The van der Waals surface area contributed by atoms with E-state index in [0.717, 1.165) is 17.3 Å². The monoisotopic (exact) mass is 495 g/mol. The molecule has 0 amide bonds. The van der Waals surface area contributed by atoms with E-state index in [0.29, 0.717) is 6.61 Å². The van der Waals surface area contributed by atoms with Crippen LogP contribution in [0.4, 0.5) is 0 Å². The van der Waals surface area contributed by atoms with E-state index in [9.17, 15) is 0 Å². The Balaban J connectivity index is 0.000000455. The first-order valence-corrected chi connectivity index (χ1v) is 7.85. The molecule has 0 saturated heterocycles. The Hall–Kier alpha value is -1.07. The number of fused-ring (bicyclic) bond motifs is 1. The summed E-state index contributed by atoms with van der Waals surface area (Å²) in [5, 5.41) is 1.13. The van der Waals surface area contributed by atoms with E-state index < -0.39 is 0 Å². The molecule has 0 spiro atoms. The van der Waals surface area contributed by atoms with Crippen molar-refractivity contribution in [3.8, 4) is 0 Å². The van der Waals surface area contributed by atoms with E-state index in [1.807, 2.05) is 68.6 Å². The van der Waals surface area contributed by atoms with E-state index in [1.54, 1.807) is 0 Å². The van der Waals surface area contributed by atoms with Crippen LogP contribution in [0.2, 0.25) is 0 Å². The smallest absolute Gasteiger partial charge is 0.365 e. The summed E-state index contributed by atoms with van der Waals surface area (Å²) in [5.41, 5.74) is 2.21. The molecule has 0 bridgehead atoms. The minimum absolute atomic E-state index is 0. The van der Waals surface area contributed by atoms with Gasteiger partial charge in [-0.15, -0.1) is 17.5 Å². The van der Waals surface area contributed by atoms with Crippen LogP contribution in [0.15, 0.2) is 60.8 Å². The Morgan fingerprint density at radius 1 is 1.09 bits per heavy atom. The second kappa shape index (κ2) is 14.5. The fourth-order valence-corrected chi connectivity index (χ4v) is 1.83. The van der Waals surface area contributed by atoms with Gasteiger partial charge in [-0.25, -0.2) is 0 Å². The zero-order valence-corrected chi connectivity index (χ0v) is 17.6. The molecule has 1 atom stereocenters. The van der Waals surface area contributed by atoms with Gasteiger partial charge in [0.15, 0.2) is 0 Å². The van der Waals surface area contributed by atoms with E-state index in [1.165, 1.54) is 5.56 Å². The van der Waals surface area contributed by atoms with Gasteiger partial charge in [0, 0.05) is 15.7 Å². The molecule has 3 rings (SSSR count). The maximum absolute atomic E-state index is 4.94. The van der Waals surface area contributed by atoms with Crippen LogP contribution in [-0.4, -0.2) is 11.6 Å². The summed E-state index contributed by atoms with van der Waals surface area (Å²) < 4.78 is 4.94. The third kappa shape index (κ3) is 8.96. The Labute approximate surface area is 156 Å². The number of benzene rings is 2. The fraction of sp³-hybridized carbons (Fsp3) is 0.211. The van der Waals surface area contributed by atoms with Crippen LogP contribution in [0.1, 0.15) is 19.4 Å². The maximum atomic E-state index is 4.94. The number of pyridine rings is 1. The molecule has 3 aromatic rings. The molecule has 1 unspecified atom stereocenters. The summed E-state index contributed by atoms with van der Waals surface area (Å²) in [7, 11) is 2.25. The van der Waals surface area contributed by atoms with Gasteiger partial charge in [-0.05, 0) is 17.5 Å². The summed E-state index contributed by atoms with van der Waals surface area (Å²) in [6.45, 7) is 4.70. The van der Waals surface area contributed by atoms with E-state index in [2.05, 4.69) is 32.6 Å². The van der Waals surface area contributed by atoms with Crippen molar-refractivity contribution in [3.05, 3.63) is 78.5 Å². The van der Waals surface area contributed by atoms with Crippen LogP contribution in [0.3, 0.4) is 0 Å². The molecule has 4 heteroatoms. The second-order valence-electron chi connectivity index (χ2n) is 4.16. The van der Waals surface area contributed by atoms with Gasteiger partial charge in [-0.1, -0.05) is 13.8 Å². The van der Waals surface area contributed by atoms with Gasteiger partial charge in [0.25, 0.3) is 0 Å². The minimum Gasteiger partial charge on any atom is -0.365 e. The van der Waals surface area contributed by atoms with Crippen molar-refractivity contribution in [2.45, 2.75) is 20.3 Å². The topological polar surface area (TPSA) is 22.1 Å². The van der Waals surface area contributed by atoms with Crippen molar-refractivity contribution >= 4 is 20.4 Å². The van der Waals surface area contributed by atoms with Gasteiger partial charge in [0.1, 0.15) is 0 Å². The number of hydrogen-bond donors (Lipinski definition) is 0. The quantitative estimate of drug-likeness (QED) is 0.382. The molecule has 0 aliphatic carbocycles. The molecule has 1 heterocycles. The van der Waals surface area contributed by atoms with Crippen molar-refractivity contribution in [3.63, 3.8) is 0 Å². The van der Waals surface area contributed by atoms with E-state index >= 15 is 0 Å². The van der Waals surface area contributed by atoms with Crippen molar-refractivity contribution in [1.82, 2.24) is 4.98 Å². The average molecular weight is 495 g/mol. The largest absolute Gasteiger partial charge is 2.00 e. The van der Waals surface area contributed by atoms with Crippen LogP contribution >= 0.6 is 9.47 Å². The molecular weight excluding hydrogens is 473 g/mol. The van der Waals surface area contributed by atoms with Crippen molar-refractivity contribution in [1.29, 1.82) is 0 Å². The summed E-state index contributed by atoms with van der Waals surface area (Å²) in [5.74, 6) is 0. The van der Waals surface area contributed by atoms with Crippen LogP contribution in [0.5, 0.6) is 0 Å². The molecule has 2 aromatic carbocycles. The average Bonchev–Trinajstić information content (AvgIpc) is 2.63. The number of aromatic nitrogens is 1. The predicted octanol–water partition coefficient (Wildman–Crippen LogP) is 4.89. The van der Waals surface area contributed by atoms with Crippen LogP contribution < -0.4 is 0 Å². The molecule has 0 N–H and O–H groups in total. The van der Waals surface area contributed by atoms with Gasteiger partial charge < -0.3 is 4.52 Å². The van der Waals surface area contributed by atoms with Gasteiger partial charge in [0.05, 0.1) is 6.61 Å². The summed E-state index contributed by atoms with van der Waals surface area (Å²) >= 11 is 0. The molecule has 0 fully saturated rings. The molecule has 0 saturated carbocycles. The van der Waals surface area contributed by atoms with Gasteiger partial charge >= 0.3 is 21.1 Å². The second-order valence-corrected chi connectivity index (χ2v) is 4.49. The zero-order valence-electron chi connectivity index (χ0n) is 13.5. The SMILES string of the molecule is CC.POCCc1cnc2cc[c-]cc2c1.[W+2].[c-]1ccccc1. The third-order valence-electron chi connectivity index (χ3n) is 2.70. The summed E-state index contributed by atoms with van der Waals surface area (Å²) in [6, 6.07) is 23.5. The number of nitrogens with zero attached hydrogens (tertiary/aromatic N) is 1. The Morgan fingerprint density at radius 2 is 1.83 bits per heavy atom. The van der Waals surface area contributed by atoms with Crippen molar-refractivity contribution < 1.29 is 25.6 Å². The molecule has 0 radical (unpaired) electrons. The van der Waals surface area contributed by atoms with E-state index in [-0.39, 0.29) is 21.1 Å². The third-order valence-corrected chi connectivity index (χ3v) is 2.93. The molecule has 0 aliphatic heterocycles. The molecule has 120 valence electrons.